The molecule has 0 fully saturated rings. The van der Waals surface area contributed by atoms with Crippen molar-refractivity contribution in [3.8, 4) is 0 Å². The second kappa shape index (κ2) is 4.04. The number of hydrogen-bond acceptors (Lipinski definition) is 1. The molecule has 0 saturated carbocycles. The van der Waals surface area contributed by atoms with E-state index in [4.69, 9.17) is 11.6 Å². The second-order valence-electron chi connectivity index (χ2n) is 3.52. The van der Waals surface area contributed by atoms with Crippen LogP contribution in [-0.2, 0) is 6.18 Å². The molecule has 0 bridgehead atoms. The first-order valence-electron chi connectivity index (χ1n) is 4.69. The first kappa shape index (κ1) is 11.9. The molecule has 0 amide bonds. The monoisotopic (exact) mass is 258 g/mol. The lowest BCUT2D eigenvalue weighted by Gasteiger charge is -2.11. The van der Waals surface area contributed by atoms with Crippen molar-refractivity contribution in [3.63, 3.8) is 0 Å². The predicted molar refractivity (Wildman–Crippen MR) is 59.1 cm³/mol. The molecule has 0 atom stereocenters. The van der Waals surface area contributed by atoms with Gasteiger partial charge >= 0.3 is 6.18 Å². The van der Waals surface area contributed by atoms with Crippen LogP contribution in [0.25, 0.3) is 10.8 Å². The van der Waals surface area contributed by atoms with Gasteiger partial charge in [0.25, 0.3) is 5.24 Å². The molecule has 0 aliphatic rings. The summed E-state index contributed by atoms with van der Waals surface area (Å²) in [6.45, 7) is 0. The highest BCUT2D eigenvalue weighted by Gasteiger charge is 2.33. The molecular weight excluding hydrogens is 253 g/mol. The molecule has 17 heavy (non-hydrogen) atoms. The zero-order valence-corrected chi connectivity index (χ0v) is 9.14. The lowest BCUT2D eigenvalue weighted by Crippen LogP contribution is -2.07. The normalized spacial score (nSPS) is 11.8. The van der Waals surface area contributed by atoms with E-state index in [0.717, 1.165) is 6.07 Å². The van der Waals surface area contributed by atoms with E-state index in [2.05, 4.69) is 0 Å². The van der Waals surface area contributed by atoms with Gasteiger partial charge in [-0.25, -0.2) is 0 Å². The average Bonchev–Trinajstić information content (AvgIpc) is 2.26. The number of benzene rings is 2. The van der Waals surface area contributed by atoms with Gasteiger partial charge in [-0.3, -0.25) is 4.79 Å². The van der Waals surface area contributed by atoms with Crippen molar-refractivity contribution in [1.29, 1.82) is 0 Å². The Labute approximate surface area is 99.8 Å². The molecule has 1 nitrogen and oxygen atoms in total. The maximum Gasteiger partial charge on any atom is 0.417 e. The molecule has 0 unspecified atom stereocenters. The Balaban J connectivity index is 2.83. The van der Waals surface area contributed by atoms with E-state index in [1.54, 1.807) is 6.07 Å². The third-order valence-corrected chi connectivity index (χ3v) is 2.61. The molecule has 0 N–H and O–H groups in total. The summed E-state index contributed by atoms with van der Waals surface area (Å²) < 4.78 is 38.4. The second-order valence-corrected chi connectivity index (χ2v) is 3.86. The topological polar surface area (TPSA) is 17.1 Å². The number of carbonyl (C=O) groups excluding carboxylic acids is 1. The van der Waals surface area contributed by atoms with Crippen molar-refractivity contribution in [1.82, 2.24) is 0 Å². The molecule has 0 aliphatic heterocycles. The SMILES string of the molecule is O=C(Cl)c1cc(C(F)(F)F)c2ccccc2c1. The number of rotatable bonds is 1. The minimum atomic E-state index is -4.51. The van der Waals surface area contributed by atoms with Crippen LogP contribution in [0.2, 0.25) is 0 Å². The van der Waals surface area contributed by atoms with Crippen molar-refractivity contribution < 1.29 is 18.0 Å². The molecule has 0 radical (unpaired) electrons. The van der Waals surface area contributed by atoms with Gasteiger partial charge in [-0.15, -0.1) is 0 Å². The zero-order chi connectivity index (χ0) is 12.6. The van der Waals surface area contributed by atoms with Gasteiger partial charge in [0.05, 0.1) is 5.56 Å². The van der Waals surface area contributed by atoms with Gasteiger partial charge in [0.1, 0.15) is 0 Å². The molecule has 2 aromatic carbocycles. The first-order valence-corrected chi connectivity index (χ1v) is 5.07. The fourth-order valence-electron chi connectivity index (χ4n) is 1.66. The van der Waals surface area contributed by atoms with E-state index in [9.17, 15) is 18.0 Å². The number of alkyl halides is 3. The summed E-state index contributed by atoms with van der Waals surface area (Å²) in [5.41, 5.74) is -1.00. The third kappa shape index (κ3) is 2.26. The molecule has 2 aromatic rings. The molecule has 2 rings (SSSR count). The van der Waals surface area contributed by atoms with E-state index in [1.807, 2.05) is 0 Å². The maximum absolute atomic E-state index is 12.8. The van der Waals surface area contributed by atoms with Gasteiger partial charge in [-0.2, -0.15) is 13.2 Å². The summed E-state index contributed by atoms with van der Waals surface area (Å²) in [6, 6.07) is 8.11. The first-order chi connectivity index (χ1) is 7.89. The van der Waals surface area contributed by atoms with Gasteiger partial charge in [0.15, 0.2) is 0 Å². The third-order valence-electron chi connectivity index (χ3n) is 2.39. The van der Waals surface area contributed by atoms with Crippen molar-refractivity contribution in [2.75, 3.05) is 0 Å². The lowest BCUT2D eigenvalue weighted by molar-refractivity contribution is -0.136. The van der Waals surface area contributed by atoms with E-state index in [-0.39, 0.29) is 10.9 Å². The fraction of sp³-hybridized carbons (Fsp3) is 0.0833. The summed E-state index contributed by atoms with van der Waals surface area (Å²) in [5, 5.41) is -0.505. The molecule has 0 spiro atoms. The predicted octanol–water partition coefficient (Wildman–Crippen LogP) is 4.24. The maximum atomic E-state index is 12.8. The fourth-order valence-corrected chi connectivity index (χ4v) is 1.77. The van der Waals surface area contributed by atoms with E-state index >= 15 is 0 Å². The Kier molecular flexibility index (Phi) is 2.83. The van der Waals surface area contributed by atoms with Crippen LogP contribution in [0.4, 0.5) is 13.2 Å². The van der Waals surface area contributed by atoms with Gasteiger partial charge in [0, 0.05) is 5.56 Å². The number of fused-ring (bicyclic) bond motifs is 1. The van der Waals surface area contributed by atoms with Crippen LogP contribution in [0.15, 0.2) is 36.4 Å². The minimum Gasteiger partial charge on any atom is -0.276 e. The van der Waals surface area contributed by atoms with Crippen molar-refractivity contribution in [2.24, 2.45) is 0 Å². The van der Waals surface area contributed by atoms with Crippen molar-refractivity contribution in [2.45, 2.75) is 6.18 Å². The average molecular weight is 259 g/mol. The molecular formula is C12H6ClF3O. The van der Waals surface area contributed by atoms with E-state index in [0.29, 0.717) is 5.39 Å². The number of carbonyl (C=O) groups is 1. The highest BCUT2D eigenvalue weighted by molar-refractivity contribution is 6.67. The van der Waals surface area contributed by atoms with Gasteiger partial charge < -0.3 is 0 Å². The highest BCUT2D eigenvalue weighted by Crippen LogP contribution is 2.35. The number of hydrogen-bond donors (Lipinski definition) is 0. The van der Waals surface area contributed by atoms with Gasteiger partial charge in [0.2, 0.25) is 0 Å². The Morgan fingerprint density at radius 2 is 1.76 bits per heavy atom. The lowest BCUT2D eigenvalue weighted by atomic mass is 10.0. The summed E-state index contributed by atoms with van der Waals surface area (Å²) in [5.74, 6) is 0. The quantitative estimate of drug-likeness (QED) is 0.699. The standard InChI is InChI=1S/C12H6ClF3O/c13-11(17)8-5-7-3-1-2-4-9(7)10(6-8)12(14,15)16/h1-6H. The smallest absolute Gasteiger partial charge is 0.276 e. The van der Waals surface area contributed by atoms with Crippen LogP contribution in [0.1, 0.15) is 15.9 Å². The molecule has 88 valence electrons. The Bertz CT molecular complexity index is 590. The minimum absolute atomic E-state index is 0.0571. The Morgan fingerprint density at radius 1 is 1.12 bits per heavy atom. The van der Waals surface area contributed by atoms with Gasteiger partial charge in [-0.1, -0.05) is 24.3 Å². The summed E-state index contributed by atoms with van der Waals surface area (Å²) in [6.07, 6.45) is -4.51. The molecule has 0 heterocycles. The van der Waals surface area contributed by atoms with Crippen LogP contribution in [0.5, 0.6) is 0 Å². The summed E-state index contributed by atoms with van der Waals surface area (Å²) in [7, 11) is 0. The molecule has 5 heteroatoms. The van der Waals surface area contributed by atoms with Crippen LogP contribution >= 0.6 is 11.6 Å². The molecule has 0 aromatic heterocycles. The Morgan fingerprint density at radius 3 is 2.35 bits per heavy atom. The highest BCUT2D eigenvalue weighted by atomic mass is 35.5. The molecule has 0 aliphatic carbocycles. The molecule has 0 saturated heterocycles. The summed E-state index contributed by atoms with van der Waals surface area (Å²) in [4.78, 5) is 11.0. The van der Waals surface area contributed by atoms with E-state index in [1.165, 1.54) is 24.3 Å². The van der Waals surface area contributed by atoms with Gasteiger partial charge in [-0.05, 0) is 34.5 Å². The Hall–Kier alpha value is -1.55. The summed E-state index contributed by atoms with van der Waals surface area (Å²) >= 11 is 5.22. The van der Waals surface area contributed by atoms with Crippen LogP contribution in [0.3, 0.4) is 0 Å². The van der Waals surface area contributed by atoms with Crippen molar-refractivity contribution >= 4 is 27.6 Å². The largest absolute Gasteiger partial charge is 0.417 e. The van der Waals surface area contributed by atoms with E-state index < -0.39 is 17.0 Å². The van der Waals surface area contributed by atoms with Crippen LogP contribution < -0.4 is 0 Å². The zero-order valence-electron chi connectivity index (χ0n) is 8.38. The van der Waals surface area contributed by atoms with Crippen LogP contribution in [0, 0.1) is 0 Å². The van der Waals surface area contributed by atoms with Crippen molar-refractivity contribution in [3.05, 3.63) is 47.5 Å². The number of halogens is 4. The van der Waals surface area contributed by atoms with Crippen LogP contribution in [-0.4, -0.2) is 5.24 Å².